The molecule has 0 saturated carbocycles. The molecule has 0 rings (SSSR count). The summed E-state index contributed by atoms with van der Waals surface area (Å²) in [5.74, 6) is 2.70. The predicted molar refractivity (Wildman–Crippen MR) is 125 cm³/mol. The largest absolute Gasteiger partial charge is 0.396 e. The lowest BCUT2D eigenvalue weighted by Crippen LogP contribution is -1.85. The van der Waals surface area contributed by atoms with E-state index in [1.54, 1.807) is 0 Å². The lowest BCUT2D eigenvalue weighted by molar-refractivity contribution is 0.282. The maximum absolute atomic E-state index is 8.73. The van der Waals surface area contributed by atoms with Crippen LogP contribution < -0.4 is 0 Å². The lowest BCUT2D eigenvalue weighted by atomic mass is 10.1. The highest BCUT2D eigenvalue weighted by atomic mass is 33.1. The number of rotatable bonds is 23. The van der Waals surface area contributed by atoms with Gasteiger partial charge in [-0.15, -0.1) is 0 Å². The fraction of sp³-hybridized carbons (Fsp3) is 1.00. The van der Waals surface area contributed by atoms with Crippen molar-refractivity contribution in [2.75, 3.05) is 18.1 Å². The molecular weight excluding hydrogens is 356 g/mol. The van der Waals surface area contributed by atoms with E-state index in [-0.39, 0.29) is 0 Å². The number of aliphatic hydroxyl groups excluding tert-OH is 1. The zero-order valence-corrected chi connectivity index (χ0v) is 19.5. The van der Waals surface area contributed by atoms with Crippen LogP contribution in [0.15, 0.2) is 0 Å². The van der Waals surface area contributed by atoms with Gasteiger partial charge in [0.1, 0.15) is 0 Å². The van der Waals surface area contributed by atoms with E-state index in [0.717, 1.165) is 6.42 Å². The Hall–Kier alpha value is 0.660. The fourth-order valence-corrected chi connectivity index (χ4v) is 5.57. The quantitative estimate of drug-likeness (QED) is 0.136. The van der Waals surface area contributed by atoms with Crippen molar-refractivity contribution >= 4 is 21.6 Å². The van der Waals surface area contributed by atoms with Crippen molar-refractivity contribution in [3.63, 3.8) is 0 Å². The molecule has 0 aromatic heterocycles. The first-order valence-electron chi connectivity index (χ1n) is 11.8. The molecule has 0 spiro atoms. The molecule has 0 aromatic rings. The second-order valence-corrected chi connectivity index (χ2v) is 10.4. The molecule has 0 unspecified atom stereocenters. The topological polar surface area (TPSA) is 20.2 Å². The Kier molecular flexibility index (Phi) is 26.3. The number of hydrogen-bond donors (Lipinski definition) is 1. The van der Waals surface area contributed by atoms with Gasteiger partial charge in [0.2, 0.25) is 0 Å². The molecule has 0 saturated heterocycles. The molecule has 0 bridgehead atoms. The Morgan fingerprint density at radius 3 is 1.08 bits per heavy atom. The minimum Gasteiger partial charge on any atom is -0.396 e. The van der Waals surface area contributed by atoms with Gasteiger partial charge >= 0.3 is 0 Å². The molecule has 0 atom stereocenters. The SMILES string of the molecule is CCCCCCCCCCCCSSCCCCCCCCCCCO. The molecule has 1 N–H and O–H groups in total. The lowest BCUT2D eigenvalue weighted by Gasteiger charge is -2.04. The van der Waals surface area contributed by atoms with Gasteiger partial charge in [0, 0.05) is 18.1 Å². The van der Waals surface area contributed by atoms with Crippen LogP contribution in [0.5, 0.6) is 0 Å². The van der Waals surface area contributed by atoms with E-state index in [1.165, 1.54) is 127 Å². The Bertz CT molecular complexity index is 212. The van der Waals surface area contributed by atoms with Crippen LogP contribution in [0, 0.1) is 0 Å². The van der Waals surface area contributed by atoms with Crippen LogP contribution in [0.25, 0.3) is 0 Å². The van der Waals surface area contributed by atoms with Crippen LogP contribution in [-0.2, 0) is 0 Å². The number of unbranched alkanes of at least 4 members (excludes halogenated alkanes) is 17. The summed E-state index contributed by atoms with van der Waals surface area (Å²) in [5.41, 5.74) is 0. The molecule has 0 fully saturated rings. The van der Waals surface area contributed by atoms with Crippen molar-refractivity contribution in [1.29, 1.82) is 0 Å². The molecule has 158 valence electrons. The third kappa shape index (κ3) is 24.7. The standard InChI is InChI=1S/C23H48OS2/c1-2-3-4-5-6-7-10-13-16-19-22-25-26-23-20-17-14-11-8-9-12-15-18-21-24/h24H,2-23H2,1H3. The molecule has 0 radical (unpaired) electrons. The number of hydrogen-bond acceptors (Lipinski definition) is 3. The van der Waals surface area contributed by atoms with Crippen molar-refractivity contribution in [3.8, 4) is 0 Å². The van der Waals surface area contributed by atoms with Crippen molar-refractivity contribution in [2.45, 2.75) is 129 Å². The summed E-state index contributed by atoms with van der Waals surface area (Å²) in [6.07, 6.45) is 26.4. The van der Waals surface area contributed by atoms with Crippen LogP contribution in [0.4, 0.5) is 0 Å². The van der Waals surface area contributed by atoms with Gasteiger partial charge in [0.05, 0.1) is 0 Å². The van der Waals surface area contributed by atoms with Gasteiger partial charge in [0.25, 0.3) is 0 Å². The summed E-state index contributed by atoms with van der Waals surface area (Å²) < 4.78 is 0. The summed E-state index contributed by atoms with van der Waals surface area (Å²) in [6.45, 7) is 2.66. The molecule has 0 amide bonds. The predicted octanol–water partition coefficient (Wildman–Crippen LogP) is 8.79. The average molecular weight is 405 g/mol. The van der Waals surface area contributed by atoms with Gasteiger partial charge in [0.15, 0.2) is 0 Å². The fourth-order valence-electron chi connectivity index (χ4n) is 3.28. The van der Waals surface area contributed by atoms with Crippen LogP contribution in [-0.4, -0.2) is 23.2 Å². The molecule has 0 aliphatic carbocycles. The van der Waals surface area contributed by atoms with E-state index in [2.05, 4.69) is 28.5 Å². The maximum atomic E-state index is 8.73. The van der Waals surface area contributed by atoms with E-state index >= 15 is 0 Å². The summed E-state index contributed by atoms with van der Waals surface area (Å²) in [4.78, 5) is 0. The van der Waals surface area contributed by atoms with Gasteiger partial charge in [-0.3, -0.25) is 0 Å². The summed E-state index contributed by atoms with van der Waals surface area (Å²) in [5, 5.41) is 8.73. The van der Waals surface area contributed by atoms with Crippen LogP contribution in [0.1, 0.15) is 129 Å². The van der Waals surface area contributed by atoms with Crippen LogP contribution in [0.2, 0.25) is 0 Å². The Balaban J connectivity index is 2.95. The first-order valence-corrected chi connectivity index (χ1v) is 14.3. The molecular formula is C23H48OS2. The molecule has 0 heterocycles. The monoisotopic (exact) mass is 404 g/mol. The summed E-state index contributed by atoms with van der Waals surface area (Å²) in [6, 6.07) is 0. The van der Waals surface area contributed by atoms with E-state index < -0.39 is 0 Å². The van der Waals surface area contributed by atoms with Gasteiger partial charge in [-0.05, 0) is 19.3 Å². The average Bonchev–Trinajstić information content (AvgIpc) is 2.66. The third-order valence-corrected chi connectivity index (χ3v) is 7.63. The van der Waals surface area contributed by atoms with Crippen LogP contribution >= 0.6 is 21.6 Å². The molecule has 0 aliphatic rings. The van der Waals surface area contributed by atoms with Crippen molar-refractivity contribution in [3.05, 3.63) is 0 Å². The zero-order chi connectivity index (χ0) is 19.0. The first-order chi connectivity index (χ1) is 12.9. The van der Waals surface area contributed by atoms with E-state index in [9.17, 15) is 0 Å². The van der Waals surface area contributed by atoms with Gasteiger partial charge in [-0.1, -0.05) is 131 Å². The second kappa shape index (κ2) is 25.7. The molecule has 1 nitrogen and oxygen atoms in total. The molecule has 3 heteroatoms. The molecule has 0 aromatic carbocycles. The maximum Gasteiger partial charge on any atom is 0.0431 e. The summed E-state index contributed by atoms with van der Waals surface area (Å²) in [7, 11) is 4.21. The van der Waals surface area contributed by atoms with Gasteiger partial charge in [-0.2, -0.15) is 0 Å². The first kappa shape index (κ1) is 26.7. The Morgan fingerprint density at radius 1 is 0.423 bits per heavy atom. The Labute approximate surface area is 173 Å². The normalized spacial score (nSPS) is 11.3. The zero-order valence-electron chi connectivity index (χ0n) is 17.8. The minimum atomic E-state index is 0.370. The van der Waals surface area contributed by atoms with Crippen molar-refractivity contribution in [2.24, 2.45) is 0 Å². The van der Waals surface area contributed by atoms with Gasteiger partial charge < -0.3 is 5.11 Å². The molecule has 0 aliphatic heterocycles. The van der Waals surface area contributed by atoms with Crippen LogP contribution in [0.3, 0.4) is 0 Å². The Morgan fingerprint density at radius 2 is 0.731 bits per heavy atom. The summed E-state index contributed by atoms with van der Waals surface area (Å²) >= 11 is 0. The van der Waals surface area contributed by atoms with Crippen molar-refractivity contribution < 1.29 is 5.11 Å². The highest BCUT2D eigenvalue weighted by Gasteiger charge is 1.96. The third-order valence-electron chi connectivity index (χ3n) is 5.05. The highest BCUT2D eigenvalue weighted by molar-refractivity contribution is 8.76. The second-order valence-electron chi connectivity index (χ2n) is 7.73. The highest BCUT2D eigenvalue weighted by Crippen LogP contribution is 2.25. The minimum absolute atomic E-state index is 0.370. The van der Waals surface area contributed by atoms with E-state index in [4.69, 9.17) is 5.11 Å². The van der Waals surface area contributed by atoms with Gasteiger partial charge in [-0.25, -0.2) is 0 Å². The number of aliphatic hydroxyl groups is 1. The van der Waals surface area contributed by atoms with E-state index in [1.807, 2.05) is 0 Å². The van der Waals surface area contributed by atoms with Crippen molar-refractivity contribution in [1.82, 2.24) is 0 Å². The van der Waals surface area contributed by atoms with E-state index in [0.29, 0.717) is 6.61 Å². The smallest absolute Gasteiger partial charge is 0.0431 e. The molecule has 26 heavy (non-hydrogen) atoms.